The van der Waals surface area contributed by atoms with E-state index in [4.69, 9.17) is 4.42 Å². The summed E-state index contributed by atoms with van der Waals surface area (Å²) in [6.07, 6.45) is 1.28. The van der Waals surface area contributed by atoms with Crippen LogP contribution in [0.1, 0.15) is 45.7 Å². The predicted octanol–water partition coefficient (Wildman–Crippen LogP) is 5.79. The Morgan fingerprint density at radius 3 is 2.58 bits per heavy atom. The summed E-state index contributed by atoms with van der Waals surface area (Å²) in [5, 5.41) is 4.08. The van der Waals surface area contributed by atoms with Crippen LogP contribution in [0.4, 0.5) is 0 Å². The van der Waals surface area contributed by atoms with Gasteiger partial charge in [0.2, 0.25) is 0 Å². The summed E-state index contributed by atoms with van der Waals surface area (Å²) in [7, 11) is 0. The molecule has 1 atom stereocenters. The molecule has 3 aromatic rings. The highest BCUT2D eigenvalue weighted by Crippen LogP contribution is 2.43. The first kappa shape index (κ1) is 17.6. The molecule has 1 amide bonds. The molecule has 2 heterocycles. The molecule has 5 heteroatoms. The lowest BCUT2D eigenvalue weighted by Gasteiger charge is -2.21. The van der Waals surface area contributed by atoms with Gasteiger partial charge in [0.05, 0.1) is 10.6 Å². The zero-order valence-corrected chi connectivity index (χ0v) is 16.2. The lowest BCUT2D eigenvalue weighted by molar-refractivity contribution is 0.0935. The number of nitrogens with one attached hydrogen (secondary N) is 1. The number of rotatable bonds is 4. The molecule has 0 bridgehead atoms. The maximum Gasteiger partial charge on any atom is 0.251 e. The van der Waals surface area contributed by atoms with Gasteiger partial charge in [0.25, 0.3) is 5.91 Å². The van der Waals surface area contributed by atoms with Gasteiger partial charge in [0.15, 0.2) is 0 Å². The lowest BCUT2D eigenvalue weighted by atomic mass is 10.1. The van der Waals surface area contributed by atoms with Gasteiger partial charge in [-0.1, -0.05) is 30.3 Å². The third-order valence-electron chi connectivity index (χ3n) is 4.49. The number of hydrogen-bond donors (Lipinski definition) is 1. The van der Waals surface area contributed by atoms with Crippen molar-refractivity contribution in [3.63, 3.8) is 0 Å². The van der Waals surface area contributed by atoms with E-state index in [1.807, 2.05) is 72.9 Å². The van der Waals surface area contributed by atoms with Crippen molar-refractivity contribution in [1.29, 1.82) is 0 Å². The SMILES string of the molecule is C[C@H](NC(=O)c1ccc(C2SCCCS2)cc1)c1cc2ccccc2o1. The van der Waals surface area contributed by atoms with Gasteiger partial charge >= 0.3 is 0 Å². The van der Waals surface area contributed by atoms with Crippen LogP contribution in [-0.4, -0.2) is 17.4 Å². The molecule has 1 aliphatic rings. The Labute approximate surface area is 161 Å². The summed E-state index contributed by atoms with van der Waals surface area (Å²) < 4.78 is 6.34. The molecule has 1 aromatic heterocycles. The molecule has 4 rings (SSSR count). The molecule has 26 heavy (non-hydrogen) atoms. The zero-order valence-electron chi connectivity index (χ0n) is 14.6. The Morgan fingerprint density at radius 2 is 1.85 bits per heavy atom. The number of furan rings is 1. The topological polar surface area (TPSA) is 42.2 Å². The van der Waals surface area contributed by atoms with E-state index >= 15 is 0 Å². The van der Waals surface area contributed by atoms with E-state index < -0.39 is 0 Å². The highest BCUT2D eigenvalue weighted by Gasteiger charge is 2.18. The monoisotopic (exact) mass is 383 g/mol. The van der Waals surface area contributed by atoms with E-state index in [0.29, 0.717) is 10.1 Å². The van der Waals surface area contributed by atoms with E-state index in [2.05, 4.69) is 17.4 Å². The van der Waals surface area contributed by atoms with Crippen LogP contribution in [-0.2, 0) is 0 Å². The maximum atomic E-state index is 12.6. The molecule has 0 unspecified atom stereocenters. The Kier molecular flexibility index (Phi) is 5.27. The predicted molar refractivity (Wildman–Crippen MR) is 111 cm³/mol. The first-order valence-corrected chi connectivity index (χ1v) is 10.9. The van der Waals surface area contributed by atoms with Crippen molar-refractivity contribution in [2.24, 2.45) is 0 Å². The molecule has 134 valence electrons. The number of para-hydroxylation sites is 1. The van der Waals surface area contributed by atoms with Crippen LogP contribution < -0.4 is 5.32 Å². The molecule has 1 N–H and O–H groups in total. The second kappa shape index (κ2) is 7.80. The number of hydrogen-bond acceptors (Lipinski definition) is 4. The molecular formula is C21H21NO2S2. The molecular weight excluding hydrogens is 362 g/mol. The fourth-order valence-electron chi connectivity index (χ4n) is 3.04. The molecule has 1 fully saturated rings. The minimum atomic E-state index is -0.181. The molecule has 0 saturated carbocycles. The van der Waals surface area contributed by atoms with Crippen molar-refractivity contribution in [3.8, 4) is 0 Å². The smallest absolute Gasteiger partial charge is 0.251 e. The van der Waals surface area contributed by atoms with E-state index in [0.717, 1.165) is 16.7 Å². The van der Waals surface area contributed by atoms with Crippen molar-refractivity contribution >= 4 is 40.4 Å². The molecule has 0 radical (unpaired) electrons. The van der Waals surface area contributed by atoms with Crippen molar-refractivity contribution in [2.75, 3.05) is 11.5 Å². The highest BCUT2D eigenvalue weighted by molar-refractivity contribution is 8.16. The van der Waals surface area contributed by atoms with Crippen molar-refractivity contribution < 1.29 is 9.21 Å². The Bertz CT molecular complexity index is 865. The molecule has 3 nitrogen and oxygen atoms in total. The number of thioether (sulfide) groups is 2. The van der Waals surface area contributed by atoms with Crippen LogP contribution in [0, 0.1) is 0 Å². The molecule has 1 saturated heterocycles. The summed E-state index contributed by atoms with van der Waals surface area (Å²) in [6, 6.07) is 17.7. The van der Waals surface area contributed by atoms with E-state index in [9.17, 15) is 4.79 Å². The van der Waals surface area contributed by atoms with Gasteiger partial charge in [0.1, 0.15) is 11.3 Å². The average molecular weight is 384 g/mol. The van der Waals surface area contributed by atoms with E-state index in [-0.39, 0.29) is 11.9 Å². The van der Waals surface area contributed by atoms with Gasteiger partial charge in [-0.05, 0) is 54.7 Å². The first-order valence-electron chi connectivity index (χ1n) is 8.83. The standard InChI is InChI=1S/C21H21NO2S2/c1-14(19-13-17-5-2-3-6-18(17)24-19)22-20(23)15-7-9-16(10-8-15)21-25-11-4-12-26-21/h2-3,5-10,13-14,21H,4,11-12H2,1H3,(H,22,23)/t14-/m0/s1. The van der Waals surface area contributed by atoms with Crippen LogP contribution in [0.15, 0.2) is 59.0 Å². The normalized spacial score (nSPS) is 16.5. The molecule has 0 aliphatic carbocycles. The molecule has 2 aromatic carbocycles. The lowest BCUT2D eigenvalue weighted by Crippen LogP contribution is -2.26. The summed E-state index contributed by atoms with van der Waals surface area (Å²) in [5.41, 5.74) is 2.82. The number of carbonyl (C=O) groups excluding carboxylic acids is 1. The fraction of sp³-hybridized carbons (Fsp3) is 0.286. The minimum Gasteiger partial charge on any atom is -0.459 e. The summed E-state index contributed by atoms with van der Waals surface area (Å²) in [6.45, 7) is 1.94. The molecule has 0 spiro atoms. The van der Waals surface area contributed by atoms with Gasteiger partial charge in [-0.2, -0.15) is 0 Å². The number of amides is 1. The van der Waals surface area contributed by atoms with Gasteiger partial charge in [-0.3, -0.25) is 4.79 Å². The number of benzene rings is 2. The molecule has 1 aliphatic heterocycles. The van der Waals surface area contributed by atoms with E-state index in [1.54, 1.807) is 0 Å². The summed E-state index contributed by atoms with van der Waals surface area (Å²) in [5.74, 6) is 3.13. The second-order valence-corrected chi connectivity index (χ2v) is 9.16. The Hall–Kier alpha value is -1.85. The quantitative estimate of drug-likeness (QED) is 0.619. The van der Waals surface area contributed by atoms with Crippen LogP contribution in [0.3, 0.4) is 0 Å². The minimum absolute atomic E-state index is 0.0755. The summed E-state index contributed by atoms with van der Waals surface area (Å²) in [4.78, 5) is 12.6. The second-order valence-electron chi connectivity index (χ2n) is 6.43. The van der Waals surface area contributed by atoms with Crippen LogP contribution in [0.2, 0.25) is 0 Å². The number of fused-ring (bicyclic) bond motifs is 1. The third-order valence-corrected chi connectivity index (χ3v) is 7.51. The van der Waals surface area contributed by atoms with Crippen molar-refractivity contribution in [1.82, 2.24) is 5.32 Å². The largest absolute Gasteiger partial charge is 0.459 e. The van der Waals surface area contributed by atoms with Crippen LogP contribution in [0.5, 0.6) is 0 Å². The zero-order chi connectivity index (χ0) is 17.9. The highest BCUT2D eigenvalue weighted by atomic mass is 32.2. The third kappa shape index (κ3) is 3.79. The van der Waals surface area contributed by atoms with Crippen molar-refractivity contribution in [3.05, 3.63) is 71.5 Å². The van der Waals surface area contributed by atoms with Gasteiger partial charge < -0.3 is 9.73 Å². The average Bonchev–Trinajstić information content (AvgIpc) is 3.13. The number of carbonyl (C=O) groups is 1. The fourth-order valence-corrected chi connectivity index (χ4v) is 5.93. The van der Waals surface area contributed by atoms with Gasteiger partial charge in [-0.15, -0.1) is 23.5 Å². The Balaban J connectivity index is 1.43. The van der Waals surface area contributed by atoms with Crippen molar-refractivity contribution in [2.45, 2.75) is 24.0 Å². The van der Waals surface area contributed by atoms with Crippen LogP contribution in [0.25, 0.3) is 11.0 Å². The maximum absolute atomic E-state index is 12.6. The van der Waals surface area contributed by atoms with Crippen LogP contribution >= 0.6 is 23.5 Å². The van der Waals surface area contributed by atoms with Gasteiger partial charge in [0, 0.05) is 10.9 Å². The first-order chi connectivity index (χ1) is 12.7. The Morgan fingerprint density at radius 1 is 1.12 bits per heavy atom. The van der Waals surface area contributed by atoms with E-state index in [1.165, 1.54) is 23.5 Å². The van der Waals surface area contributed by atoms with Gasteiger partial charge in [-0.25, -0.2) is 0 Å². The summed E-state index contributed by atoms with van der Waals surface area (Å²) >= 11 is 3.98.